The molecule has 0 radical (unpaired) electrons. The molecule has 0 unspecified atom stereocenters. The Morgan fingerprint density at radius 2 is 2.32 bits per heavy atom. The van der Waals surface area contributed by atoms with Crippen molar-refractivity contribution in [2.75, 3.05) is 6.61 Å². The average Bonchev–Trinajstić information content (AvgIpc) is 2.69. The first-order chi connectivity index (χ1) is 9.06. The Bertz CT molecular complexity index is 593. The summed E-state index contributed by atoms with van der Waals surface area (Å²) in [6, 6.07) is 1.25. The molecule has 1 fully saturated rings. The van der Waals surface area contributed by atoms with Gasteiger partial charge in [-0.2, -0.15) is 0 Å². The largest absolute Gasteiger partial charge is 0.394 e. The molecule has 2 heterocycles. The Kier molecular flexibility index (Phi) is 4.35. The van der Waals surface area contributed by atoms with Crippen LogP contribution in [0.2, 0.25) is 0 Å². The van der Waals surface area contributed by atoms with Gasteiger partial charge < -0.3 is 14.9 Å². The van der Waals surface area contributed by atoms with Gasteiger partial charge in [-0.3, -0.25) is 14.3 Å². The zero-order chi connectivity index (χ0) is 14.0. The van der Waals surface area contributed by atoms with Crippen LogP contribution >= 0.6 is 15.9 Å². The molecule has 104 valence electrons. The minimum absolute atomic E-state index is 0.167. The van der Waals surface area contributed by atoms with Crippen molar-refractivity contribution in [1.82, 2.24) is 9.55 Å². The van der Waals surface area contributed by atoms with Gasteiger partial charge >= 0.3 is 5.69 Å². The van der Waals surface area contributed by atoms with E-state index in [0.717, 1.165) is 0 Å². The molecule has 1 aromatic rings. The summed E-state index contributed by atoms with van der Waals surface area (Å²) in [5.41, 5.74) is -0.788. The zero-order valence-corrected chi connectivity index (χ0v) is 11.4. The molecule has 0 aliphatic carbocycles. The van der Waals surface area contributed by atoms with Crippen LogP contribution in [0.3, 0.4) is 0 Å². The van der Waals surface area contributed by atoms with Gasteiger partial charge in [0.15, 0.2) is 0 Å². The highest BCUT2D eigenvalue weighted by atomic mass is 79.9. The number of ether oxygens (including phenoxy) is 1. The molecular weight excluding hydrogens is 320 g/mol. The van der Waals surface area contributed by atoms with E-state index < -0.39 is 29.7 Å². The van der Waals surface area contributed by atoms with E-state index in [1.165, 1.54) is 21.7 Å². The number of aromatic nitrogens is 2. The van der Waals surface area contributed by atoms with Crippen LogP contribution < -0.4 is 11.2 Å². The van der Waals surface area contributed by atoms with E-state index >= 15 is 0 Å². The summed E-state index contributed by atoms with van der Waals surface area (Å²) in [6.07, 6.45) is -0.617. The second-order valence-electron chi connectivity index (χ2n) is 4.14. The highest BCUT2D eigenvalue weighted by molar-refractivity contribution is 9.11. The van der Waals surface area contributed by atoms with Crippen molar-refractivity contribution in [2.45, 2.75) is 24.9 Å². The molecular formula is C11H13BrN2O5. The first-order valence-electron chi connectivity index (χ1n) is 5.64. The van der Waals surface area contributed by atoms with E-state index in [0.29, 0.717) is 5.69 Å². The van der Waals surface area contributed by atoms with Gasteiger partial charge in [0.05, 0.1) is 18.4 Å². The summed E-state index contributed by atoms with van der Waals surface area (Å²) in [6.45, 7) is -0.334. The number of nitrogens with zero attached hydrogens (tertiary/aromatic N) is 1. The first-order valence-corrected chi connectivity index (χ1v) is 6.55. The minimum atomic E-state index is -0.852. The summed E-state index contributed by atoms with van der Waals surface area (Å²) >= 11 is 3.08. The van der Waals surface area contributed by atoms with Crippen LogP contribution in [0.15, 0.2) is 20.6 Å². The van der Waals surface area contributed by atoms with Crippen molar-refractivity contribution in [3.63, 3.8) is 0 Å². The Morgan fingerprint density at radius 3 is 2.89 bits per heavy atom. The van der Waals surface area contributed by atoms with Gasteiger partial charge in [-0.1, -0.05) is 15.9 Å². The fourth-order valence-corrected chi connectivity index (χ4v) is 2.32. The average molecular weight is 333 g/mol. The summed E-state index contributed by atoms with van der Waals surface area (Å²) in [4.78, 5) is 26.8. The molecule has 0 saturated carbocycles. The summed E-state index contributed by atoms with van der Waals surface area (Å²) in [5, 5.41) is 18.7. The molecule has 1 aliphatic heterocycles. The molecule has 2 rings (SSSR count). The number of hydrogen-bond donors (Lipinski definition) is 3. The zero-order valence-electron chi connectivity index (χ0n) is 9.82. The van der Waals surface area contributed by atoms with Crippen LogP contribution in [-0.4, -0.2) is 38.6 Å². The molecule has 1 saturated heterocycles. The lowest BCUT2D eigenvalue weighted by molar-refractivity contribution is -0.0461. The topological polar surface area (TPSA) is 105 Å². The van der Waals surface area contributed by atoms with Crippen molar-refractivity contribution in [2.24, 2.45) is 0 Å². The third-order valence-electron chi connectivity index (χ3n) is 2.91. The lowest BCUT2D eigenvalue weighted by Gasteiger charge is -2.16. The fraction of sp³-hybridized carbons (Fsp3) is 0.455. The SMILES string of the molecule is O=c1cc(/C=C/Br)n([C@@H]2C[C@H](O)[C@@H](CO)O2)c(=O)[nH]1. The Morgan fingerprint density at radius 1 is 1.58 bits per heavy atom. The van der Waals surface area contributed by atoms with E-state index in [1.807, 2.05) is 0 Å². The summed E-state index contributed by atoms with van der Waals surface area (Å²) in [5.74, 6) is 0. The van der Waals surface area contributed by atoms with Crippen LogP contribution in [0, 0.1) is 0 Å². The Labute approximate surface area is 116 Å². The van der Waals surface area contributed by atoms with Crippen molar-refractivity contribution in [1.29, 1.82) is 0 Å². The maximum Gasteiger partial charge on any atom is 0.330 e. The molecule has 0 spiro atoms. The van der Waals surface area contributed by atoms with Crippen LogP contribution in [-0.2, 0) is 4.74 Å². The number of aliphatic hydroxyl groups excluding tert-OH is 2. The van der Waals surface area contributed by atoms with Crippen LogP contribution in [0.4, 0.5) is 0 Å². The van der Waals surface area contributed by atoms with Gasteiger partial charge in [0.1, 0.15) is 12.3 Å². The van der Waals surface area contributed by atoms with Crippen molar-refractivity contribution >= 4 is 22.0 Å². The smallest absolute Gasteiger partial charge is 0.330 e. The highest BCUT2D eigenvalue weighted by Crippen LogP contribution is 2.28. The molecule has 1 aliphatic rings. The van der Waals surface area contributed by atoms with Crippen LogP contribution in [0.1, 0.15) is 18.3 Å². The summed E-state index contributed by atoms with van der Waals surface area (Å²) < 4.78 is 6.64. The molecule has 0 bridgehead atoms. The summed E-state index contributed by atoms with van der Waals surface area (Å²) in [7, 11) is 0. The van der Waals surface area contributed by atoms with Gasteiger partial charge in [-0.05, 0) is 11.1 Å². The maximum absolute atomic E-state index is 11.9. The Hall–Kier alpha value is -1.22. The fourth-order valence-electron chi connectivity index (χ4n) is 2.05. The second kappa shape index (κ2) is 5.83. The predicted molar refractivity (Wildman–Crippen MR) is 70.9 cm³/mol. The predicted octanol–water partition coefficient (Wildman–Crippen LogP) is -0.457. The quantitative estimate of drug-likeness (QED) is 0.695. The van der Waals surface area contributed by atoms with Gasteiger partial charge in [0.2, 0.25) is 0 Å². The van der Waals surface area contributed by atoms with Crippen LogP contribution in [0.5, 0.6) is 0 Å². The van der Waals surface area contributed by atoms with E-state index in [9.17, 15) is 14.7 Å². The van der Waals surface area contributed by atoms with Crippen molar-refractivity contribution < 1.29 is 14.9 Å². The molecule has 0 aromatic carbocycles. The monoisotopic (exact) mass is 332 g/mol. The normalized spacial score (nSPS) is 27.2. The lowest BCUT2D eigenvalue weighted by Crippen LogP contribution is -2.34. The number of rotatable bonds is 3. The van der Waals surface area contributed by atoms with Crippen molar-refractivity contribution in [3.8, 4) is 0 Å². The molecule has 19 heavy (non-hydrogen) atoms. The lowest BCUT2D eigenvalue weighted by atomic mass is 10.2. The van der Waals surface area contributed by atoms with E-state index in [-0.39, 0.29) is 13.0 Å². The minimum Gasteiger partial charge on any atom is -0.394 e. The molecule has 1 aromatic heterocycles. The first kappa shape index (κ1) is 14.2. The number of H-pyrrole nitrogens is 1. The molecule has 7 nitrogen and oxygen atoms in total. The Balaban J connectivity index is 2.45. The number of aliphatic hydroxyl groups is 2. The van der Waals surface area contributed by atoms with Crippen LogP contribution in [0.25, 0.3) is 6.08 Å². The van der Waals surface area contributed by atoms with E-state index in [1.54, 1.807) is 0 Å². The van der Waals surface area contributed by atoms with Gasteiger partial charge in [-0.15, -0.1) is 0 Å². The van der Waals surface area contributed by atoms with E-state index in [2.05, 4.69) is 20.9 Å². The molecule has 3 atom stereocenters. The molecule has 8 heteroatoms. The number of nitrogens with one attached hydrogen (secondary N) is 1. The van der Waals surface area contributed by atoms with Gasteiger partial charge in [0, 0.05) is 12.5 Å². The number of hydrogen-bond acceptors (Lipinski definition) is 5. The van der Waals surface area contributed by atoms with E-state index in [4.69, 9.17) is 9.84 Å². The van der Waals surface area contributed by atoms with Gasteiger partial charge in [-0.25, -0.2) is 4.79 Å². The van der Waals surface area contributed by atoms with Gasteiger partial charge in [0.25, 0.3) is 5.56 Å². The van der Waals surface area contributed by atoms with Crippen molar-refractivity contribution in [3.05, 3.63) is 37.6 Å². The third-order valence-corrected chi connectivity index (χ3v) is 3.18. The standard InChI is InChI=1S/C11H13BrN2O5/c12-2-1-6-3-9(17)13-11(18)14(6)10-4-7(16)8(5-15)19-10/h1-3,7-8,10,15-16H,4-5H2,(H,13,17,18)/b2-1+/t7-,8+,10-/m0/s1. The maximum atomic E-state index is 11.9. The third kappa shape index (κ3) is 2.86. The number of halogens is 1. The molecule has 0 amide bonds. The molecule has 3 N–H and O–H groups in total. The second-order valence-corrected chi connectivity index (χ2v) is 4.67. The number of aromatic amines is 1. The highest BCUT2D eigenvalue weighted by Gasteiger charge is 2.35.